The van der Waals surface area contributed by atoms with Gasteiger partial charge in [-0.05, 0) is 24.1 Å². The number of piperidine rings is 1. The number of nitrogens with zero attached hydrogens (tertiary/aromatic N) is 2. The van der Waals surface area contributed by atoms with Gasteiger partial charge in [0.15, 0.2) is 5.69 Å². The number of aromatic nitrogens is 2. The number of carboxylic acid groups (broad SMARTS) is 1. The minimum absolute atomic E-state index is 0.0563. The third-order valence-electron chi connectivity index (χ3n) is 3.41. The Bertz CT molecular complexity index is 734. The van der Waals surface area contributed by atoms with Crippen molar-refractivity contribution in [2.75, 3.05) is 0 Å². The highest BCUT2D eigenvalue weighted by molar-refractivity contribution is 6.01. The van der Waals surface area contributed by atoms with Gasteiger partial charge in [0.2, 0.25) is 11.8 Å². The highest BCUT2D eigenvalue weighted by Gasteiger charge is 2.28. The van der Waals surface area contributed by atoms with Gasteiger partial charge in [0.05, 0.1) is 11.4 Å². The number of pyridine rings is 1. The predicted molar refractivity (Wildman–Crippen MR) is 67.3 cm³/mol. The highest BCUT2D eigenvalue weighted by atomic mass is 16.4. The molecule has 1 aliphatic heterocycles. The number of rotatable bonds is 2. The molecule has 3 rings (SSSR count). The molecule has 0 saturated carbocycles. The third kappa shape index (κ3) is 1.93. The number of carbonyl (C=O) groups excluding carboxylic acids is 2. The Labute approximate surface area is 113 Å². The largest absolute Gasteiger partial charge is 0.476 e. The van der Waals surface area contributed by atoms with E-state index in [0.717, 1.165) is 0 Å². The van der Waals surface area contributed by atoms with E-state index in [1.54, 1.807) is 22.7 Å². The van der Waals surface area contributed by atoms with Crippen LogP contribution in [-0.2, 0) is 9.59 Å². The molecular weight excluding hydrogens is 262 g/mol. The van der Waals surface area contributed by atoms with Crippen molar-refractivity contribution in [1.29, 1.82) is 0 Å². The van der Waals surface area contributed by atoms with Crippen molar-refractivity contribution in [2.24, 2.45) is 0 Å². The monoisotopic (exact) mass is 273 g/mol. The van der Waals surface area contributed by atoms with Crippen molar-refractivity contribution in [1.82, 2.24) is 14.7 Å². The zero-order valence-corrected chi connectivity index (χ0v) is 10.4. The number of aromatic carboxylic acids is 1. The van der Waals surface area contributed by atoms with Gasteiger partial charge in [-0.25, -0.2) is 9.78 Å². The summed E-state index contributed by atoms with van der Waals surface area (Å²) >= 11 is 0. The number of hydrogen-bond acceptors (Lipinski definition) is 4. The zero-order valence-electron chi connectivity index (χ0n) is 10.4. The number of nitrogens with one attached hydrogen (secondary N) is 1. The van der Waals surface area contributed by atoms with E-state index in [9.17, 15) is 14.4 Å². The number of carboxylic acids is 1. The maximum Gasteiger partial charge on any atom is 0.356 e. The summed E-state index contributed by atoms with van der Waals surface area (Å²) in [7, 11) is 0. The molecule has 0 radical (unpaired) electrons. The van der Waals surface area contributed by atoms with Gasteiger partial charge >= 0.3 is 5.97 Å². The van der Waals surface area contributed by atoms with Crippen LogP contribution >= 0.6 is 0 Å². The molecule has 2 amide bonds. The van der Waals surface area contributed by atoms with E-state index >= 15 is 0 Å². The summed E-state index contributed by atoms with van der Waals surface area (Å²) in [4.78, 5) is 37.9. The molecule has 0 aromatic carbocycles. The Morgan fingerprint density at radius 3 is 2.95 bits per heavy atom. The second kappa shape index (κ2) is 4.44. The first-order chi connectivity index (χ1) is 9.56. The minimum atomic E-state index is -1.12. The van der Waals surface area contributed by atoms with Gasteiger partial charge in [-0.1, -0.05) is 0 Å². The normalized spacial score (nSPS) is 19.1. The zero-order chi connectivity index (χ0) is 14.3. The molecule has 1 aliphatic rings. The topological polar surface area (TPSA) is 101 Å². The molecule has 2 N–H and O–H groups in total. The van der Waals surface area contributed by atoms with Gasteiger partial charge < -0.3 is 9.51 Å². The fourth-order valence-electron chi connectivity index (χ4n) is 2.40. The summed E-state index contributed by atoms with van der Waals surface area (Å²) in [5.41, 5.74) is 1.06. The first-order valence-electron chi connectivity index (χ1n) is 6.10. The Kier molecular flexibility index (Phi) is 2.74. The van der Waals surface area contributed by atoms with E-state index in [-0.39, 0.29) is 23.9 Å². The number of hydrogen-bond donors (Lipinski definition) is 2. The maximum atomic E-state index is 11.8. The summed E-state index contributed by atoms with van der Waals surface area (Å²) < 4.78 is 1.58. The van der Waals surface area contributed by atoms with E-state index in [4.69, 9.17) is 5.11 Å². The molecule has 0 aliphatic carbocycles. The van der Waals surface area contributed by atoms with Crippen molar-refractivity contribution in [3.8, 4) is 0 Å². The number of fused-ring (bicyclic) bond motifs is 1. The molecule has 1 fully saturated rings. The molecule has 1 unspecified atom stereocenters. The van der Waals surface area contributed by atoms with Gasteiger partial charge in [0.1, 0.15) is 6.33 Å². The third-order valence-corrected chi connectivity index (χ3v) is 3.41. The van der Waals surface area contributed by atoms with Crippen LogP contribution in [0.2, 0.25) is 0 Å². The Balaban J connectivity index is 2.04. The maximum absolute atomic E-state index is 11.8. The summed E-state index contributed by atoms with van der Waals surface area (Å²) in [5, 5.41) is 11.4. The molecule has 7 nitrogen and oxygen atoms in total. The summed E-state index contributed by atoms with van der Waals surface area (Å²) in [6, 6.07) is 3.37. The number of carbonyl (C=O) groups is 3. The molecule has 3 heterocycles. The molecule has 2 aromatic heterocycles. The number of amides is 2. The minimum Gasteiger partial charge on any atom is -0.476 e. The first kappa shape index (κ1) is 12.3. The molecule has 1 saturated heterocycles. The van der Waals surface area contributed by atoms with Crippen LogP contribution in [0.15, 0.2) is 24.7 Å². The lowest BCUT2D eigenvalue weighted by molar-refractivity contribution is -0.134. The van der Waals surface area contributed by atoms with Crippen LogP contribution in [0.5, 0.6) is 0 Å². The van der Waals surface area contributed by atoms with Gasteiger partial charge in [0, 0.05) is 12.6 Å². The van der Waals surface area contributed by atoms with Crippen LogP contribution in [0.3, 0.4) is 0 Å². The fourth-order valence-corrected chi connectivity index (χ4v) is 2.40. The molecule has 102 valence electrons. The average Bonchev–Trinajstić information content (AvgIpc) is 2.81. The predicted octanol–water partition coefficient (Wildman–Crippen LogP) is 0.553. The van der Waals surface area contributed by atoms with E-state index in [2.05, 4.69) is 10.3 Å². The van der Waals surface area contributed by atoms with Crippen molar-refractivity contribution in [3.05, 3.63) is 35.9 Å². The quantitative estimate of drug-likeness (QED) is 0.778. The molecule has 0 bridgehead atoms. The van der Waals surface area contributed by atoms with Gasteiger partial charge in [-0.2, -0.15) is 0 Å². The standard InChI is InChI=1S/C13H11N3O4/c17-10-2-1-8(12(18)15-10)7-3-4-16-6-14-11(13(19)20)9(16)5-7/h3-6,8H,1-2H2,(H,19,20)(H,15,17,18). The van der Waals surface area contributed by atoms with E-state index < -0.39 is 11.9 Å². The van der Waals surface area contributed by atoms with Gasteiger partial charge in [0.25, 0.3) is 0 Å². The van der Waals surface area contributed by atoms with Crippen molar-refractivity contribution >= 4 is 23.3 Å². The number of imidazole rings is 1. The lowest BCUT2D eigenvalue weighted by Gasteiger charge is -2.21. The van der Waals surface area contributed by atoms with Gasteiger partial charge in [-0.15, -0.1) is 0 Å². The van der Waals surface area contributed by atoms with Crippen molar-refractivity contribution in [3.63, 3.8) is 0 Å². The second-order valence-corrected chi connectivity index (χ2v) is 4.65. The summed E-state index contributed by atoms with van der Waals surface area (Å²) in [6.07, 6.45) is 3.78. The van der Waals surface area contributed by atoms with Crippen molar-refractivity contribution < 1.29 is 19.5 Å². The first-order valence-corrected chi connectivity index (χ1v) is 6.10. The molecule has 20 heavy (non-hydrogen) atoms. The molecular formula is C13H11N3O4. The fraction of sp³-hybridized carbons (Fsp3) is 0.231. The van der Waals surface area contributed by atoms with E-state index in [0.29, 0.717) is 17.5 Å². The lowest BCUT2D eigenvalue weighted by atomic mass is 9.91. The lowest BCUT2D eigenvalue weighted by Crippen LogP contribution is -2.39. The van der Waals surface area contributed by atoms with Crippen LogP contribution in [0.25, 0.3) is 5.52 Å². The highest BCUT2D eigenvalue weighted by Crippen LogP contribution is 2.26. The Morgan fingerprint density at radius 2 is 2.25 bits per heavy atom. The Hall–Kier alpha value is -2.70. The van der Waals surface area contributed by atoms with Crippen LogP contribution in [0.4, 0.5) is 0 Å². The summed E-state index contributed by atoms with van der Waals surface area (Å²) in [5.74, 6) is -2.17. The number of imide groups is 1. The van der Waals surface area contributed by atoms with Crippen molar-refractivity contribution in [2.45, 2.75) is 18.8 Å². The van der Waals surface area contributed by atoms with Crippen LogP contribution in [-0.4, -0.2) is 32.3 Å². The SMILES string of the molecule is O=C1CCC(c2ccn3cnc(C(=O)O)c3c2)C(=O)N1. The average molecular weight is 273 g/mol. The van der Waals surface area contributed by atoms with Gasteiger partial charge in [-0.3, -0.25) is 14.9 Å². The molecule has 0 spiro atoms. The van der Waals surface area contributed by atoms with E-state index in [1.165, 1.54) is 6.33 Å². The molecule has 1 atom stereocenters. The van der Waals surface area contributed by atoms with Crippen LogP contribution in [0.1, 0.15) is 34.8 Å². The Morgan fingerprint density at radius 1 is 1.45 bits per heavy atom. The molecule has 2 aromatic rings. The van der Waals surface area contributed by atoms with Crippen LogP contribution < -0.4 is 5.32 Å². The smallest absolute Gasteiger partial charge is 0.356 e. The second-order valence-electron chi connectivity index (χ2n) is 4.65. The van der Waals surface area contributed by atoms with Crippen LogP contribution in [0, 0.1) is 0 Å². The summed E-state index contributed by atoms with van der Waals surface area (Å²) in [6.45, 7) is 0. The molecule has 7 heteroatoms. The van der Waals surface area contributed by atoms with E-state index in [1.807, 2.05) is 0 Å².